The molecule has 3 rings (SSSR count). The van der Waals surface area contributed by atoms with Crippen molar-refractivity contribution in [3.8, 4) is 5.82 Å². The van der Waals surface area contributed by atoms with E-state index in [9.17, 15) is 4.79 Å². The predicted octanol–water partition coefficient (Wildman–Crippen LogP) is 1.11. The summed E-state index contributed by atoms with van der Waals surface area (Å²) in [6.45, 7) is 6.10. The molecule has 1 aliphatic rings. The van der Waals surface area contributed by atoms with Gasteiger partial charge in [-0.05, 0) is 25.1 Å². The summed E-state index contributed by atoms with van der Waals surface area (Å²) in [7, 11) is 0. The second-order valence-electron chi connectivity index (χ2n) is 5.74. The number of nitrogens with one attached hydrogen (secondary N) is 2. The molecule has 2 amide bonds. The van der Waals surface area contributed by atoms with Gasteiger partial charge in [-0.25, -0.2) is 14.5 Å². The molecule has 8 heteroatoms. The van der Waals surface area contributed by atoms with E-state index < -0.39 is 0 Å². The highest BCUT2D eigenvalue weighted by atomic mass is 16.5. The Morgan fingerprint density at radius 3 is 2.92 bits per heavy atom. The van der Waals surface area contributed by atoms with E-state index in [1.807, 2.05) is 13.0 Å². The monoisotopic (exact) mass is 330 g/mol. The zero-order chi connectivity index (χ0) is 16.8. The number of morpholine rings is 1. The summed E-state index contributed by atoms with van der Waals surface area (Å²) in [5.74, 6) is 0.582. The van der Waals surface area contributed by atoms with Crippen LogP contribution in [0.4, 0.5) is 10.5 Å². The second kappa shape index (κ2) is 7.89. The molecule has 0 aliphatic carbocycles. The number of pyridine rings is 1. The molecule has 0 unspecified atom stereocenters. The lowest BCUT2D eigenvalue weighted by atomic mass is 10.3. The zero-order valence-corrected chi connectivity index (χ0v) is 13.7. The van der Waals surface area contributed by atoms with Crippen molar-refractivity contribution >= 4 is 11.7 Å². The Morgan fingerprint density at radius 1 is 1.33 bits per heavy atom. The van der Waals surface area contributed by atoms with Gasteiger partial charge in [0.25, 0.3) is 0 Å². The highest BCUT2D eigenvalue weighted by Crippen LogP contribution is 2.15. The lowest BCUT2D eigenvalue weighted by Crippen LogP contribution is -2.47. The molecule has 8 nitrogen and oxygen atoms in total. The maximum absolute atomic E-state index is 12.3. The number of amides is 2. The molecule has 3 heterocycles. The Bertz CT molecular complexity index is 654. The van der Waals surface area contributed by atoms with E-state index >= 15 is 0 Å². The number of hydrogen-bond donors (Lipinski definition) is 2. The first-order chi connectivity index (χ1) is 11.7. The van der Waals surface area contributed by atoms with E-state index in [4.69, 9.17) is 4.74 Å². The van der Waals surface area contributed by atoms with Crippen molar-refractivity contribution in [2.75, 3.05) is 38.2 Å². The van der Waals surface area contributed by atoms with Gasteiger partial charge in [-0.2, -0.15) is 5.10 Å². The van der Waals surface area contributed by atoms with Gasteiger partial charge in [-0.15, -0.1) is 0 Å². The fourth-order valence-electron chi connectivity index (χ4n) is 2.67. The van der Waals surface area contributed by atoms with Crippen LogP contribution in [0, 0.1) is 0 Å². The minimum absolute atomic E-state index is 0.0351. The average molecular weight is 330 g/mol. The van der Waals surface area contributed by atoms with Crippen LogP contribution in [0.2, 0.25) is 0 Å². The molecule has 1 atom stereocenters. The van der Waals surface area contributed by atoms with Crippen LogP contribution in [0.15, 0.2) is 36.8 Å². The largest absolute Gasteiger partial charge is 0.379 e. The summed E-state index contributed by atoms with van der Waals surface area (Å²) in [4.78, 5) is 18.8. The molecule has 1 fully saturated rings. The minimum atomic E-state index is -0.253. The fourth-order valence-corrected chi connectivity index (χ4v) is 2.67. The molecule has 1 aliphatic heterocycles. The Balaban J connectivity index is 1.57. The van der Waals surface area contributed by atoms with E-state index in [2.05, 4.69) is 25.6 Å². The summed E-state index contributed by atoms with van der Waals surface area (Å²) < 4.78 is 6.95. The first-order valence-electron chi connectivity index (χ1n) is 8.05. The van der Waals surface area contributed by atoms with Crippen LogP contribution in [-0.2, 0) is 4.74 Å². The number of ether oxygens (including phenoxy) is 1. The van der Waals surface area contributed by atoms with Crippen molar-refractivity contribution in [2.45, 2.75) is 13.0 Å². The predicted molar refractivity (Wildman–Crippen MR) is 90.2 cm³/mol. The molecule has 0 aromatic carbocycles. The fraction of sp³-hybridized carbons (Fsp3) is 0.438. The lowest BCUT2D eigenvalue weighted by molar-refractivity contribution is 0.0350. The molecule has 1 saturated heterocycles. The first-order valence-corrected chi connectivity index (χ1v) is 8.05. The third-order valence-corrected chi connectivity index (χ3v) is 3.77. The molecular formula is C16H22N6O2. The summed E-state index contributed by atoms with van der Waals surface area (Å²) >= 11 is 0. The highest BCUT2D eigenvalue weighted by molar-refractivity contribution is 5.91. The smallest absolute Gasteiger partial charge is 0.319 e. The van der Waals surface area contributed by atoms with Gasteiger partial charge in [0.2, 0.25) is 0 Å². The number of urea groups is 1. The molecule has 0 saturated carbocycles. The van der Waals surface area contributed by atoms with Crippen molar-refractivity contribution in [3.63, 3.8) is 0 Å². The van der Waals surface area contributed by atoms with E-state index in [-0.39, 0.29) is 12.1 Å². The lowest BCUT2D eigenvalue weighted by Gasteiger charge is -2.29. The van der Waals surface area contributed by atoms with Crippen LogP contribution >= 0.6 is 0 Å². The van der Waals surface area contributed by atoms with E-state index in [0.29, 0.717) is 11.5 Å². The normalized spacial score (nSPS) is 16.5. The molecule has 0 radical (unpaired) electrons. The number of anilines is 1. The van der Waals surface area contributed by atoms with Crippen LogP contribution < -0.4 is 10.6 Å². The Kier molecular flexibility index (Phi) is 5.39. The number of nitrogens with zero attached hydrogens (tertiary/aromatic N) is 4. The van der Waals surface area contributed by atoms with Gasteiger partial charge in [0.15, 0.2) is 5.82 Å². The molecule has 0 bridgehead atoms. The third-order valence-electron chi connectivity index (χ3n) is 3.77. The van der Waals surface area contributed by atoms with Crippen LogP contribution in [0.5, 0.6) is 0 Å². The summed E-state index contributed by atoms with van der Waals surface area (Å²) in [6, 6.07) is 5.17. The van der Waals surface area contributed by atoms with Gasteiger partial charge in [0.1, 0.15) is 0 Å². The number of carbonyl (C=O) groups is 1. The summed E-state index contributed by atoms with van der Waals surface area (Å²) in [6.07, 6.45) is 5.12. The second-order valence-corrected chi connectivity index (χ2v) is 5.74. The number of rotatable bonds is 5. The maximum atomic E-state index is 12.3. The molecule has 2 N–H and O–H groups in total. The number of carbonyl (C=O) groups excluding carboxylic acids is 1. The number of aromatic nitrogens is 3. The van der Waals surface area contributed by atoms with Gasteiger partial charge < -0.3 is 15.4 Å². The Hall–Kier alpha value is -2.45. The van der Waals surface area contributed by atoms with E-state index in [1.54, 1.807) is 35.4 Å². The van der Waals surface area contributed by atoms with Gasteiger partial charge in [0.05, 0.1) is 18.9 Å². The van der Waals surface area contributed by atoms with Crippen molar-refractivity contribution in [2.24, 2.45) is 0 Å². The summed E-state index contributed by atoms with van der Waals surface area (Å²) in [5, 5.41) is 9.97. The maximum Gasteiger partial charge on any atom is 0.319 e. The molecule has 24 heavy (non-hydrogen) atoms. The average Bonchev–Trinajstić information content (AvgIpc) is 3.10. The van der Waals surface area contributed by atoms with Crippen molar-refractivity contribution in [1.29, 1.82) is 0 Å². The van der Waals surface area contributed by atoms with Crippen LogP contribution in [0.1, 0.15) is 6.92 Å². The van der Waals surface area contributed by atoms with Crippen molar-refractivity contribution in [3.05, 3.63) is 36.8 Å². The van der Waals surface area contributed by atoms with Crippen LogP contribution in [0.3, 0.4) is 0 Å². The van der Waals surface area contributed by atoms with Gasteiger partial charge in [0, 0.05) is 44.3 Å². The molecule has 128 valence electrons. The third kappa shape index (κ3) is 4.30. The highest BCUT2D eigenvalue weighted by Gasteiger charge is 2.16. The first kappa shape index (κ1) is 16.4. The molecular weight excluding hydrogens is 308 g/mol. The van der Waals surface area contributed by atoms with Crippen molar-refractivity contribution in [1.82, 2.24) is 25.0 Å². The Morgan fingerprint density at radius 2 is 2.17 bits per heavy atom. The van der Waals surface area contributed by atoms with E-state index in [0.717, 1.165) is 32.8 Å². The SMILES string of the molecule is C[C@@H](CN1CCOCC1)NC(=O)Nc1cccnc1-n1cccn1. The summed E-state index contributed by atoms with van der Waals surface area (Å²) in [5.41, 5.74) is 0.609. The standard InChI is InChI=1S/C16H22N6O2/c1-13(12-21-8-10-24-11-9-21)19-16(23)20-14-4-2-5-17-15(14)22-7-3-6-18-22/h2-7,13H,8-12H2,1H3,(H2,19,20,23)/t13-/m0/s1. The molecule has 0 spiro atoms. The molecule has 2 aromatic heterocycles. The van der Waals surface area contributed by atoms with Gasteiger partial charge in [-0.3, -0.25) is 4.90 Å². The minimum Gasteiger partial charge on any atom is -0.379 e. The van der Waals surface area contributed by atoms with Crippen LogP contribution in [0.25, 0.3) is 5.82 Å². The number of hydrogen-bond acceptors (Lipinski definition) is 5. The topological polar surface area (TPSA) is 84.3 Å². The van der Waals surface area contributed by atoms with Crippen molar-refractivity contribution < 1.29 is 9.53 Å². The van der Waals surface area contributed by atoms with Gasteiger partial charge in [-0.1, -0.05) is 0 Å². The van der Waals surface area contributed by atoms with Crippen LogP contribution in [-0.4, -0.2) is 64.6 Å². The molecule has 2 aromatic rings. The van der Waals surface area contributed by atoms with E-state index in [1.165, 1.54) is 0 Å². The quantitative estimate of drug-likeness (QED) is 0.858. The Labute approximate surface area is 140 Å². The zero-order valence-electron chi connectivity index (χ0n) is 13.7. The van der Waals surface area contributed by atoms with Gasteiger partial charge >= 0.3 is 6.03 Å².